The molecule has 0 heterocycles. The maximum atomic E-state index is 5.63. The Balaban J connectivity index is 3.01. The largest absolute Gasteiger partial charge is 0.503 e. The van der Waals surface area contributed by atoms with E-state index in [0.717, 1.165) is 0 Å². The summed E-state index contributed by atoms with van der Waals surface area (Å²) in [6.07, 6.45) is 0. The summed E-state index contributed by atoms with van der Waals surface area (Å²) in [5, 5.41) is 0. The zero-order chi connectivity index (χ0) is 15.6. The average molecular weight is 325 g/mol. The molecule has 0 radical (unpaired) electrons. The lowest BCUT2D eigenvalue weighted by molar-refractivity contribution is 0.0203. The summed E-state index contributed by atoms with van der Waals surface area (Å²) in [5.74, 6) is 0.589. The van der Waals surface area contributed by atoms with E-state index in [1.54, 1.807) is 42.7 Å². The van der Waals surface area contributed by atoms with Crippen LogP contribution in [0.5, 0.6) is 0 Å². The van der Waals surface area contributed by atoms with Crippen LogP contribution in [0, 0.1) is 11.8 Å². The van der Waals surface area contributed by atoms with Crippen molar-refractivity contribution in [2.45, 2.75) is 24.9 Å². The zero-order valence-electron chi connectivity index (χ0n) is 13.8. The molecule has 0 unspecified atom stereocenters. The molecule has 120 valence electrons. The smallest absolute Gasteiger partial charge is 0.377 e. The van der Waals surface area contributed by atoms with E-state index >= 15 is 0 Å². The van der Waals surface area contributed by atoms with Crippen molar-refractivity contribution in [3.05, 3.63) is 0 Å². The molecule has 0 atom stereocenters. The third kappa shape index (κ3) is 2.52. The van der Waals surface area contributed by atoms with Gasteiger partial charge in [-0.15, -0.1) is 0 Å². The third-order valence-corrected chi connectivity index (χ3v) is 11.9. The van der Waals surface area contributed by atoms with Gasteiger partial charge in [0.05, 0.1) is 0 Å². The maximum absolute atomic E-state index is 5.63. The van der Waals surface area contributed by atoms with Crippen molar-refractivity contribution < 1.29 is 26.6 Å². The minimum atomic E-state index is -2.66. The Morgan fingerprint density at radius 1 is 0.500 bits per heavy atom. The van der Waals surface area contributed by atoms with Gasteiger partial charge in [-0.2, -0.15) is 0 Å². The lowest BCUT2D eigenvalue weighted by atomic mass is 9.75. The van der Waals surface area contributed by atoms with E-state index in [2.05, 4.69) is 13.8 Å². The monoisotopic (exact) mass is 324 g/mol. The fraction of sp³-hybridized carbons (Fsp3) is 1.00. The van der Waals surface area contributed by atoms with Crippen molar-refractivity contribution >= 4 is 17.6 Å². The molecule has 0 saturated heterocycles. The Labute approximate surface area is 124 Å². The number of hydrogen-bond donors (Lipinski definition) is 0. The van der Waals surface area contributed by atoms with Crippen molar-refractivity contribution in [2.24, 2.45) is 11.8 Å². The fourth-order valence-electron chi connectivity index (χ4n) is 3.86. The highest BCUT2D eigenvalue weighted by molar-refractivity contribution is 6.66. The molecule has 0 bridgehead atoms. The predicted octanol–water partition coefficient (Wildman–Crippen LogP) is 1.77. The first-order valence-electron chi connectivity index (χ1n) is 6.74. The second kappa shape index (κ2) is 6.97. The van der Waals surface area contributed by atoms with Gasteiger partial charge in [0, 0.05) is 53.7 Å². The van der Waals surface area contributed by atoms with Crippen LogP contribution >= 0.6 is 0 Å². The lowest BCUT2D eigenvalue weighted by Crippen LogP contribution is -2.65. The van der Waals surface area contributed by atoms with E-state index < -0.39 is 17.6 Å². The summed E-state index contributed by atoms with van der Waals surface area (Å²) < 4.78 is 33.8. The van der Waals surface area contributed by atoms with E-state index in [4.69, 9.17) is 26.6 Å². The van der Waals surface area contributed by atoms with Gasteiger partial charge in [-0.3, -0.25) is 0 Å². The molecule has 0 aromatic heterocycles. The van der Waals surface area contributed by atoms with Crippen LogP contribution in [0.2, 0.25) is 11.1 Å². The van der Waals surface area contributed by atoms with Gasteiger partial charge in [0.1, 0.15) is 0 Å². The highest BCUT2D eigenvalue weighted by atomic mass is 28.4. The predicted molar refractivity (Wildman–Crippen MR) is 79.4 cm³/mol. The summed E-state index contributed by atoms with van der Waals surface area (Å²) in [5.41, 5.74) is 0.444. The van der Waals surface area contributed by atoms with Crippen LogP contribution in [0.1, 0.15) is 13.8 Å². The molecule has 8 heteroatoms. The molecule has 1 rings (SSSR count). The summed E-state index contributed by atoms with van der Waals surface area (Å²) in [7, 11) is 4.59. The van der Waals surface area contributed by atoms with Crippen LogP contribution in [0.25, 0.3) is 0 Å². The zero-order valence-corrected chi connectivity index (χ0v) is 15.8. The highest BCUT2D eigenvalue weighted by Crippen LogP contribution is 2.62. The van der Waals surface area contributed by atoms with Crippen molar-refractivity contribution in [1.82, 2.24) is 0 Å². The Morgan fingerprint density at radius 3 is 0.850 bits per heavy atom. The van der Waals surface area contributed by atoms with E-state index in [9.17, 15) is 0 Å². The highest BCUT2D eigenvalue weighted by Gasteiger charge is 2.69. The molecule has 1 saturated carbocycles. The quantitative estimate of drug-likeness (QED) is 0.634. The van der Waals surface area contributed by atoms with Gasteiger partial charge in [-0.25, -0.2) is 0 Å². The molecule has 0 N–H and O–H groups in total. The van der Waals surface area contributed by atoms with Crippen LogP contribution in [0.4, 0.5) is 0 Å². The van der Waals surface area contributed by atoms with Crippen LogP contribution in [-0.4, -0.2) is 60.3 Å². The molecule has 0 aliphatic heterocycles. The fourth-order valence-corrected chi connectivity index (χ4v) is 10.3. The second-order valence-electron chi connectivity index (χ2n) is 5.20. The molecule has 1 aliphatic rings. The van der Waals surface area contributed by atoms with E-state index in [0.29, 0.717) is 11.8 Å². The minimum absolute atomic E-state index is 0.222. The Morgan fingerprint density at radius 2 is 0.700 bits per heavy atom. The average Bonchev–Trinajstić information content (AvgIpc) is 2.50. The molecule has 6 nitrogen and oxygen atoms in total. The molecule has 1 aliphatic carbocycles. The van der Waals surface area contributed by atoms with E-state index in [1.807, 2.05) is 0 Å². The first-order valence-corrected chi connectivity index (χ1v) is 10.3. The van der Waals surface area contributed by atoms with E-state index in [1.165, 1.54) is 0 Å². The Kier molecular flexibility index (Phi) is 6.36. The van der Waals surface area contributed by atoms with Crippen molar-refractivity contribution in [3.8, 4) is 0 Å². The first kappa shape index (κ1) is 18.2. The van der Waals surface area contributed by atoms with Gasteiger partial charge in [0.15, 0.2) is 0 Å². The summed E-state index contributed by atoms with van der Waals surface area (Å²) in [6.45, 7) is 4.32. The summed E-state index contributed by atoms with van der Waals surface area (Å²) in [4.78, 5) is 0. The molecule has 0 aromatic rings. The number of hydrogen-bond acceptors (Lipinski definition) is 6. The molecule has 20 heavy (non-hydrogen) atoms. The standard InChI is InChI=1S/C12H28O6Si2/c1-9-11(19(13-3,14-4)15-5)10(2)12(9)20(16-6,17-7)18-8/h9-12H,1-8H3. The first-order chi connectivity index (χ1) is 9.43. The van der Waals surface area contributed by atoms with Crippen LogP contribution in [-0.2, 0) is 26.6 Å². The lowest BCUT2D eigenvalue weighted by Gasteiger charge is -2.56. The van der Waals surface area contributed by atoms with Crippen molar-refractivity contribution in [1.29, 1.82) is 0 Å². The third-order valence-electron chi connectivity index (χ3n) is 4.79. The van der Waals surface area contributed by atoms with Gasteiger partial charge >= 0.3 is 17.6 Å². The van der Waals surface area contributed by atoms with Crippen LogP contribution in [0.15, 0.2) is 0 Å². The summed E-state index contributed by atoms with van der Waals surface area (Å²) in [6, 6.07) is 0. The van der Waals surface area contributed by atoms with Gasteiger partial charge in [-0.1, -0.05) is 13.8 Å². The molecule has 1 fully saturated rings. The second-order valence-corrected chi connectivity index (χ2v) is 11.4. The van der Waals surface area contributed by atoms with Crippen molar-refractivity contribution in [2.75, 3.05) is 42.7 Å². The van der Waals surface area contributed by atoms with Crippen molar-refractivity contribution in [3.63, 3.8) is 0 Å². The molecular weight excluding hydrogens is 296 g/mol. The Hall–Kier alpha value is 0.194. The maximum Gasteiger partial charge on any atom is 0.503 e. The SMILES string of the molecule is CO[Si](OC)(OC)C1C(C)C([Si](OC)(OC)OC)C1C. The topological polar surface area (TPSA) is 55.4 Å². The molecular formula is C12H28O6Si2. The van der Waals surface area contributed by atoms with Gasteiger partial charge in [0.25, 0.3) is 0 Å². The summed E-state index contributed by atoms with van der Waals surface area (Å²) >= 11 is 0. The molecule has 0 spiro atoms. The van der Waals surface area contributed by atoms with Gasteiger partial charge < -0.3 is 26.6 Å². The Bertz CT molecular complexity index is 254. The van der Waals surface area contributed by atoms with Crippen LogP contribution in [0.3, 0.4) is 0 Å². The molecule has 0 amide bonds. The van der Waals surface area contributed by atoms with E-state index in [-0.39, 0.29) is 11.1 Å². The normalized spacial score (nSPS) is 31.2. The number of rotatable bonds is 8. The molecule has 0 aromatic carbocycles. The van der Waals surface area contributed by atoms with Crippen LogP contribution < -0.4 is 0 Å². The minimum Gasteiger partial charge on any atom is -0.377 e. The van der Waals surface area contributed by atoms with Gasteiger partial charge in [-0.05, 0) is 11.8 Å². The van der Waals surface area contributed by atoms with Gasteiger partial charge in [0.2, 0.25) is 0 Å².